The Labute approximate surface area is 135 Å². The van der Waals surface area contributed by atoms with Gasteiger partial charge in [-0.05, 0) is 30.5 Å². The highest BCUT2D eigenvalue weighted by Crippen LogP contribution is 2.48. The minimum absolute atomic E-state index is 0.239. The largest absolute Gasteiger partial charge is 0.523 e. The lowest BCUT2D eigenvalue weighted by molar-refractivity contribution is -0.156. The number of benzene rings is 1. The van der Waals surface area contributed by atoms with E-state index in [0.29, 0.717) is 10.6 Å². The van der Waals surface area contributed by atoms with E-state index in [4.69, 9.17) is 11.6 Å². The second-order valence-electron chi connectivity index (χ2n) is 5.11. The number of halogens is 4. The molecular weight excluding hydrogens is 361 g/mol. The van der Waals surface area contributed by atoms with Crippen molar-refractivity contribution in [2.24, 2.45) is 0 Å². The molecule has 5 nitrogen and oxygen atoms in total. The Balaban J connectivity index is 2.21. The van der Waals surface area contributed by atoms with Gasteiger partial charge in [-0.3, -0.25) is 8.98 Å². The highest BCUT2D eigenvalue weighted by molar-refractivity contribution is 7.87. The van der Waals surface area contributed by atoms with Gasteiger partial charge < -0.3 is 4.74 Å². The highest BCUT2D eigenvalue weighted by Gasteiger charge is 2.57. The average molecular weight is 373 g/mol. The molecule has 0 spiro atoms. The number of rotatable bonds is 4. The molecule has 0 unspecified atom stereocenters. The maximum atomic E-state index is 12.3. The molecule has 0 aromatic heterocycles. The van der Waals surface area contributed by atoms with Crippen molar-refractivity contribution in [1.82, 2.24) is 0 Å². The zero-order valence-electron chi connectivity index (χ0n) is 11.8. The summed E-state index contributed by atoms with van der Waals surface area (Å²) in [6, 6.07) is 6.10. The van der Waals surface area contributed by atoms with Crippen LogP contribution in [0, 0.1) is 0 Å². The van der Waals surface area contributed by atoms with Crippen molar-refractivity contribution >= 4 is 27.7 Å². The van der Waals surface area contributed by atoms with Crippen molar-refractivity contribution in [2.75, 3.05) is 7.11 Å². The van der Waals surface area contributed by atoms with Crippen molar-refractivity contribution in [1.29, 1.82) is 0 Å². The summed E-state index contributed by atoms with van der Waals surface area (Å²) < 4.78 is 67.8. The number of ether oxygens (including phenoxy) is 1. The third-order valence-electron chi connectivity index (χ3n) is 3.67. The van der Waals surface area contributed by atoms with E-state index >= 15 is 0 Å². The fourth-order valence-electron chi connectivity index (χ4n) is 2.50. The van der Waals surface area contributed by atoms with E-state index < -0.39 is 33.1 Å². The molecule has 0 amide bonds. The molecule has 1 aromatic carbocycles. The molecule has 23 heavy (non-hydrogen) atoms. The van der Waals surface area contributed by atoms with Gasteiger partial charge in [0.25, 0.3) is 0 Å². The third kappa shape index (κ3) is 3.31. The first kappa shape index (κ1) is 18.0. The molecule has 128 valence electrons. The summed E-state index contributed by atoms with van der Waals surface area (Å²) in [6.45, 7) is 0. The summed E-state index contributed by atoms with van der Waals surface area (Å²) in [6.07, 6.45) is -1.73. The van der Waals surface area contributed by atoms with Crippen LogP contribution in [0.2, 0.25) is 5.02 Å². The first-order valence-electron chi connectivity index (χ1n) is 6.36. The molecule has 0 bridgehead atoms. The maximum Gasteiger partial charge on any atom is 0.523 e. The van der Waals surface area contributed by atoms with Gasteiger partial charge in [0.15, 0.2) is 0 Å². The van der Waals surface area contributed by atoms with Crippen LogP contribution in [0.4, 0.5) is 13.2 Å². The molecule has 0 atom stereocenters. The minimum Gasteiger partial charge on any atom is -0.468 e. The van der Waals surface area contributed by atoms with Crippen molar-refractivity contribution < 1.29 is 35.3 Å². The smallest absolute Gasteiger partial charge is 0.468 e. The maximum absolute atomic E-state index is 12.3. The zero-order chi connectivity index (χ0) is 17.5. The van der Waals surface area contributed by atoms with Gasteiger partial charge in [0.1, 0.15) is 0 Å². The molecule has 1 fully saturated rings. The number of carbonyl (C=O) groups excluding carboxylic acids is 1. The van der Waals surface area contributed by atoms with E-state index in [1.165, 1.54) is 24.3 Å². The second-order valence-corrected chi connectivity index (χ2v) is 7.11. The van der Waals surface area contributed by atoms with Crippen LogP contribution in [-0.4, -0.2) is 33.1 Å². The van der Waals surface area contributed by atoms with E-state index in [2.05, 4.69) is 8.92 Å². The Hall–Kier alpha value is -1.32. The normalized spacial score (nSPS) is 24.8. The van der Waals surface area contributed by atoms with E-state index in [-0.39, 0.29) is 12.8 Å². The summed E-state index contributed by atoms with van der Waals surface area (Å²) in [5.74, 6) is -0.677. The predicted octanol–water partition coefficient (Wildman–Crippen LogP) is 2.78. The number of alkyl halides is 3. The molecule has 0 heterocycles. The van der Waals surface area contributed by atoms with E-state index in [0.717, 1.165) is 7.11 Å². The lowest BCUT2D eigenvalue weighted by Crippen LogP contribution is -2.53. The molecule has 10 heteroatoms. The Morgan fingerprint density at radius 2 is 1.78 bits per heavy atom. The molecule has 0 aliphatic heterocycles. The van der Waals surface area contributed by atoms with Crippen molar-refractivity contribution in [3.63, 3.8) is 0 Å². The van der Waals surface area contributed by atoms with Gasteiger partial charge in [-0.2, -0.15) is 21.6 Å². The minimum atomic E-state index is -5.70. The highest BCUT2D eigenvalue weighted by atomic mass is 35.5. The number of methoxy groups -OCH3 is 1. The van der Waals surface area contributed by atoms with Crippen molar-refractivity contribution in [3.05, 3.63) is 34.9 Å². The topological polar surface area (TPSA) is 69.7 Å². The Kier molecular flexibility index (Phi) is 4.67. The van der Waals surface area contributed by atoms with Crippen LogP contribution in [0.1, 0.15) is 18.4 Å². The molecule has 2 rings (SSSR count). The number of hydrogen-bond acceptors (Lipinski definition) is 5. The molecule has 1 saturated carbocycles. The Morgan fingerprint density at radius 3 is 2.22 bits per heavy atom. The van der Waals surface area contributed by atoms with Crippen LogP contribution in [0.5, 0.6) is 0 Å². The number of esters is 1. The lowest BCUT2D eigenvalue weighted by Gasteiger charge is -2.44. The van der Waals surface area contributed by atoms with Crippen LogP contribution >= 0.6 is 11.6 Å². The van der Waals surface area contributed by atoms with E-state index in [1.54, 1.807) is 0 Å². The summed E-state index contributed by atoms with van der Waals surface area (Å²) in [4.78, 5) is 12.0. The van der Waals surface area contributed by atoms with Gasteiger partial charge in [-0.15, -0.1) is 0 Å². The lowest BCUT2D eigenvalue weighted by atomic mass is 9.62. The van der Waals surface area contributed by atoms with Gasteiger partial charge >= 0.3 is 21.6 Å². The van der Waals surface area contributed by atoms with Gasteiger partial charge in [-0.25, -0.2) is 0 Å². The van der Waals surface area contributed by atoms with Crippen LogP contribution in [-0.2, 0) is 29.2 Å². The van der Waals surface area contributed by atoms with Crippen molar-refractivity contribution in [2.45, 2.75) is 29.9 Å². The number of hydrogen-bond donors (Lipinski definition) is 0. The summed E-state index contributed by atoms with van der Waals surface area (Å²) in [5, 5.41) is 0.417. The van der Waals surface area contributed by atoms with Crippen molar-refractivity contribution in [3.8, 4) is 0 Å². The Morgan fingerprint density at radius 1 is 1.26 bits per heavy atom. The third-order valence-corrected chi connectivity index (χ3v) is 5.02. The van der Waals surface area contributed by atoms with Crippen LogP contribution in [0.15, 0.2) is 24.3 Å². The monoisotopic (exact) mass is 372 g/mol. The predicted molar refractivity (Wildman–Crippen MR) is 74.2 cm³/mol. The SMILES string of the molecule is COC(=O)[C@]1(c2ccc(Cl)cc2)C[C@H](OS(=O)(=O)C(F)(F)F)C1. The first-order valence-corrected chi connectivity index (χ1v) is 8.14. The molecule has 0 radical (unpaired) electrons. The molecule has 0 N–H and O–H groups in total. The van der Waals surface area contributed by atoms with Crippen LogP contribution in [0.3, 0.4) is 0 Å². The van der Waals surface area contributed by atoms with Crippen LogP contribution < -0.4 is 0 Å². The van der Waals surface area contributed by atoms with E-state index in [9.17, 15) is 26.4 Å². The number of carbonyl (C=O) groups is 1. The average Bonchev–Trinajstić information content (AvgIpc) is 2.41. The summed E-state index contributed by atoms with van der Waals surface area (Å²) >= 11 is 5.76. The van der Waals surface area contributed by atoms with Gasteiger partial charge in [0.2, 0.25) is 0 Å². The molecule has 0 saturated heterocycles. The molecule has 1 aliphatic rings. The van der Waals surface area contributed by atoms with Gasteiger partial charge in [0, 0.05) is 5.02 Å². The molecule has 1 aliphatic carbocycles. The standard InChI is InChI=1S/C13H12ClF3O5S/c1-21-11(18)12(8-2-4-9(14)5-3-8)6-10(7-12)22-23(19,20)13(15,16)17/h2-5,10H,6-7H2,1H3/t10-,12+. The fraction of sp³-hybridized carbons (Fsp3) is 0.462. The molecular formula is C13H12ClF3O5S. The van der Waals surface area contributed by atoms with Crippen LogP contribution in [0.25, 0.3) is 0 Å². The summed E-state index contributed by atoms with van der Waals surface area (Å²) in [5.41, 5.74) is -6.28. The quantitative estimate of drug-likeness (QED) is 0.462. The zero-order valence-corrected chi connectivity index (χ0v) is 13.3. The second kappa shape index (κ2) is 5.95. The fourth-order valence-corrected chi connectivity index (χ4v) is 3.23. The Bertz CT molecular complexity index is 693. The van der Waals surface area contributed by atoms with E-state index in [1.807, 2.05) is 0 Å². The summed E-state index contributed by atoms with van der Waals surface area (Å²) in [7, 11) is -4.56. The molecule has 1 aromatic rings. The van der Waals surface area contributed by atoms with Gasteiger partial charge in [-0.1, -0.05) is 23.7 Å². The van der Waals surface area contributed by atoms with Gasteiger partial charge in [0.05, 0.1) is 18.6 Å². The first-order chi connectivity index (χ1) is 10.5.